The minimum atomic E-state index is -0.127. The van der Waals surface area contributed by atoms with Gasteiger partial charge in [-0.2, -0.15) is 0 Å². The second-order valence-corrected chi connectivity index (χ2v) is 4.19. The van der Waals surface area contributed by atoms with Crippen molar-refractivity contribution in [3.8, 4) is 0 Å². The Hall–Kier alpha value is -1.32. The normalized spacial score (nSPS) is 11.7. The van der Waals surface area contributed by atoms with Crippen LogP contribution in [0.2, 0.25) is 0 Å². The van der Waals surface area contributed by atoms with E-state index in [1.807, 2.05) is 25.3 Å². The molecule has 0 saturated heterocycles. The first-order chi connectivity index (χ1) is 5.82. The summed E-state index contributed by atoms with van der Waals surface area (Å²) in [4.78, 5) is 13.8. The van der Waals surface area contributed by atoms with Crippen LogP contribution in [0.4, 0.5) is 5.95 Å². The Bertz CT molecular complexity index is 373. The number of nitrogens with two attached hydrogens (primary N) is 1. The molecule has 1 aromatic rings. The summed E-state index contributed by atoms with van der Waals surface area (Å²) in [5.41, 5.74) is 6.12. The molecule has 13 heavy (non-hydrogen) atoms. The van der Waals surface area contributed by atoms with Crippen molar-refractivity contribution >= 4 is 5.95 Å². The summed E-state index contributed by atoms with van der Waals surface area (Å²) >= 11 is 0. The molecule has 0 saturated carbocycles. The highest BCUT2D eigenvalue weighted by Gasteiger charge is 2.21. The largest absolute Gasteiger partial charge is 0.355 e. The molecule has 0 aromatic carbocycles. The first kappa shape index (κ1) is 9.77. The van der Waals surface area contributed by atoms with Crippen molar-refractivity contribution in [1.82, 2.24) is 4.98 Å². The Kier molecular flexibility index (Phi) is 2.15. The maximum absolute atomic E-state index is 11.2. The molecule has 1 aromatic heterocycles. The number of nitrogens with zero attached hydrogens (tertiary/aromatic N) is 1. The van der Waals surface area contributed by atoms with E-state index in [0.29, 0.717) is 11.5 Å². The molecule has 0 bridgehead atoms. The van der Waals surface area contributed by atoms with Gasteiger partial charge in [-0.3, -0.25) is 10.5 Å². The monoisotopic (exact) mass is 182 g/mol. The highest BCUT2D eigenvalue weighted by atomic mass is 16.1. The Morgan fingerprint density at radius 3 is 2.46 bits per heavy atom. The van der Waals surface area contributed by atoms with Crippen molar-refractivity contribution in [2.75, 3.05) is 5.73 Å². The zero-order valence-electron chi connectivity index (χ0n) is 8.51. The van der Waals surface area contributed by atoms with E-state index in [4.69, 9.17) is 5.73 Å². The molecule has 0 atom stereocenters. The lowest BCUT2D eigenvalue weighted by Gasteiger charge is -2.19. The van der Waals surface area contributed by atoms with Gasteiger partial charge in [0.2, 0.25) is 0 Å². The minimum absolute atomic E-state index is 0.112. The van der Waals surface area contributed by atoms with E-state index in [0.717, 1.165) is 0 Å². The quantitative estimate of drug-likeness (QED) is 0.567. The van der Waals surface area contributed by atoms with Gasteiger partial charge in [0.1, 0.15) is 0 Å². The van der Waals surface area contributed by atoms with Crippen molar-refractivity contribution in [3.05, 3.63) is 22.1 Å². The van der Waals surface area contributed by atoms with Gasteiger partial charge in [-0.1, -0.05) is 0 Å². The number of aromatic nitrogens is 2. The van der Waals surface area contributed by atoms with Gasteiger partial charge in [0.05, 0.1) is 17.3 Å². The first-order valence-corrected chi connectivity index (χ1v) is 4.24. The highest BCUT2D eigenvalue weighted by Crippen LogP contribution is 2.04. The van der Waals surface area contributed by atoms with Crippen LogP contribution in [0, 0.1) is 6.92 Å². The Morgan fingerprint density at radius 1 is 1.46 bits per heavy atom. The molecule has 1 heterocycles. The van der Waals surface area contributed by atoms with E-state index >= 15 is 0 Å². The molecule has 0 radical (unpaired) electrons. The molecule has 3 N–H and O–H groups in total. The fourth-order valence-electron chi connectivity index (χ4n) is 1.15. The maximum atomic E-state index is 11.2. The van der Waals surface area contributed by atoms with Gasteiger partial charge in [0.25, 0.3) is 0 Å². The molecule has 0 amide bonds. The lowest BCUT2D eigenvalue weighted by Crippen LogP contribution is -2.54. The molecule has 1 rings (SSSR count). The van der Waals surface area contributed by atoms with E-state index in [1.54, 1.807) is 13.1 Å². The molecule has 0 aliphatic heterocycles. The summed E-state index contributed by atoms with van der Waals surface area (Å²) in [6.45, 7) is 7.85. The molecule has 0 spiro atoms. The SMILES string of the molecule is Cc1c[n+](C(C)(C)C)c(N)[nH]c1=O. The number of nitrogens with one attached hydrogen (secondary N) is 1. The summed E-state index contributed by atoms with van der Waals surface area (Å²) in [6, 6.07) is 0. The third kappa shape index (κ3) is 1.88. The smallest absolute Gasteiger partial charge is 0.290 e. The number of rotatable bonds is 0. The van der Waals surface area contributed by atoms with Crippen LogP contribution >= 0.6 is 0 Å². The average Bonchev–Trinajstić information content (AvgIpc) is 1.94. The van der Waals surface area contributed by atoms with Crippen LogP contribution in [0.5, 0.6) is 0 Å². The fraction of sp³-hybridized carbons (Fsp3) is 0.556. The van der Waals surface area contributed by atoms with E-state index < -0.39 is 0 Å². The number of H-pyrrole nitrogens is 1. The van der Waals surface area contributed by atoms with Gasteiger partial charge in [-0.25, -0.2) is 9.55 Å². The van der Waals surface area contributed by atoms with Crippen molar-refractivity contribution < 1.29 is 4.57 Å². The highest BCUT2D eigenvalue weighted by molar-refractivity contribution is 5.09. The van der Waals surface area contributed by atoms with Gasteiger partial charge in [-0.05, 0) is 27.7 Å². The van der Waals surface area contributed by atoms with Gasteiger partial charge in [0, 0.05) is 0 Å². The number of nitrogen functional groups attached to an aromatic ring is 1. The molecule has 4 heteroatoms. The Labute approximate surface area is 77.4 Å². The van der Waals surface area contributed by atoms with Crippen molar-refractivity contribution in [1.29, 1.82) is 0 Å². The van der Waals surface area contributed by atoms with Gasteiger partial charge in [-0.15, -0.1) is 0 Å². The van der Waals surface area contributed by atoms with E-state index in [9.17, 15) is 4.79 Å². The standard InChI is InChI=1S/C9H15N3O/c1-6-5-12(9(2,3)4)8(10)11-7(6)13/h5H,1-4H3,(H2,10,11,13)/p+1. The summed E-state index contributed by atoms with van der Waals surface area (Å²) in [5.74, 6) is 0.392. The van der Waals surface area contributed by atoms with Crippen molar-refractivity contribution in [2.24, 2.45) is 0 Å². The molecular weight excluding hydrogens is 166 g/mol. The molecule has 0 fully saturated rings. The van der Waals surface area contributed by atoms with Gasteiger partial charge >= 0.3 is 11.5 Å². The van der Waals surface area contributed by atoms with E-state index in [-0.39, 0.29) is 11.1 Å². The predicted octanol–water partition coefficient (Wildman–Crippen LogP) is 0.308. The van der Waals surface area contributed by atoms with Gasteiger partial charge < -0.3 is 0 Å². The van der Waals surface area contributed by atoms with Gasteiger partial charge in [0.15, 0.2) is 0 Å². The average molecular weight is 182 g/mol. The second-order valence-electron chi connectivity index (χ2n) is 4.19. The number of aromatic amines is 1. The molecule has 0 unspecified atom stereocenters. The van der Waals surface area contributed by atoms with Crippen molar-refractivity contribution in [2.45, 2.75) is 33.2 Å². The minimum Gasteiger partial charge on any atom is -0.290 e. The first-order valence-electron chi connectivity index (χ1n) is 4.24. The third-order valence-corrected chi connectivity index (χ3v) is 1.90. The fourth-order valence-corrected chi connectivity index (χ4v) is 1.15. The van der Waals surface area contributed by atoms with Crippen LogP contribution in [0.3, 0.4) is 0 Å². The zero-order valence-corrected chi connectivity index (χ0v) is 8.51. The molecule has 72 valence electrons. The summed E-state index contributed by atoms with van der Waals surface area (Å²) in [5, 5.41) is 0. The van der Waals surface area contributed by atoms with Crippen LogP contribution in [-0.4, -0.2) is 4.98 Å². The van der Waals surface area contributed by atoms with Crippen LogP contribution < -0.4 is 15.9 Å². The Morgan fingerprint density at radius 2 is 2.00 bits per heavy atom. The topological polar surface area (TPSA) is 62.8 Å². The summed E-state index contributed by atoms with van der Waals surface area (Å²) in [6.07, 6.45) is 1.77. The molecule has 0 aliphatic rings. The third-order valence-electron chi connectivity index (χ3n) is 1.90. The van der Waals surface area contributed by atoms with Crippen LogP contribution in [0.25, 0.3) is 0 Å². The Balaban J connectivity index is 3.41. The maximum Gasteiger partial charge on any atom is 0.355 e. The predicted molar refractivity (Wildman–Crippen MR) is 51.4 cm³/mol. The van der Waals surface area contributed by atoms with Crippen molar-refractivity contribution in [3.63, 3.8) is 0 Å². The van der Waals surface area contributed by atoms with Crippen LogP contribution in [0.1, 0.15) is 26.3 Å². The number of anilines is 1. The number of hydrogen-bond acceptors (Lipinski definition) is 2. The van der Waals surface area contributed by atoms with Crippen LogP contribution in [0.15, 0.2) is 11.0 Å². The zero-order chi connectivity index (χ0) is 10.2. The van der Waals surface area contributed by atoms with E-state index in [2.05, 4.69) is 4.98 Å². The lowest BCUT2D eigenvalue weighted by atomic mass is 10.1. The number of aryl methyl sites for hydroxylation is 1. The second kappa shape index (κ2) is 2.87. The lowest BCUT2D eigenvalue weighted by molar-refractivity contribution is -0.743. The molecule has 0 aliphatic carbocycles. The number of hydrogen-bond donors (Lipinski definition) is 2. The van der Waals surface area contributed by atoms with Crippen LogP contribution in [-0.2, 0) is 5.54 Å². The van der Waals surface area contributed by atoms with E-state index in [1.165, 1.54) is 0 Å². The summed E-state index contributed by atoms with van der Waals surface area (Å²) in [7, 11) is 0. The molecule has 4 nitrogen and oxygen atoms in total. The summed E-state index contributed by atoms with van der Waals surface area (Å²) < 4.78 is 1.85. The molecular formula is C9H16N3O+.